The minimum Gasteiger partial charge on any atom is -0.508 e. The normalized spacial score (nSPS) is 13.2. The van der Waals surface area contributed by atoms with E-state index in [1.54, 1.807) is 19.1 Å². The van der Waals surface area contributed by atoms with Gasteiger partial charge in [0.05, 0.1) is 10.6 Å². The van der Waals surface area contributed by atoms with E-state index in [2.05, 4.69) is 10.0 Å². The SMILES string of the molecule is Cc1ccc(S(=O)(=O)NC(Cc2ccc(O)cc2)C(=O)NC(SCC(=O)O)C(=O)O)cc1. The Morgan fingerprint density at radius 2 is 1.59 bits per heavy atom. The Balaban J connectivity index is 2.28. The summed E-state index contributed by atoms with van der Waals surface area (Å²) in [7, 11) is -4.14. The Morgan fingerprint density at radius 1 is 1.00 bits per heavy atom. The maximum atomic E-state index is 12.8. The number of aromatic hydroxyl groups is 1. The van der Waals surface area contributed by atoms with Crippen LogP contribution in [0.15, 0.2) is 53.4 Å². The standard InChI is InChI=1S/C20H22N2O8S2/c1-12-2-8-15(9-3-12)32(29,30)22-16(10-13-4-6-14(23)7-5-13)18(26)21-19(20(27)28)31-11-17(24)25/h2-9,16,19,22-23H,10-11H2,1H3,(H,21,26)(H,24,25)(H,27,28). The second-order valence-electron chi connectivity index (χ2n) is 6.79. The van der Waals surface area contributed by atoms with Crippen LogP contribution in [0.2, 0.25) is 0 Å². The van der Waals surface area contributed by atoms with Crippen molar-refractivity contribution < 1.29 is 38.1 Å². The predicted octanol–water partition coefficient (Wildman–Crippen LogP) is 0.935. The van der Waals surface area contributed by atoms with Crippen molar-refractivity contribution in [2.24, 2.45) is 0 Å². The van der Waals surface area contributed by atoms with Crippen LogP contribution in [0.3, 0.4) is 0 Å². The van der Waals surface area contributed by atoms with Crippen molar-refractivity contribution in [3.63, 3.8) is 0 Å². The molecule has 0 saturated carbocycles. The van der Waals surface area contributed by atoms with Crippen LogP contribution >= 0.6 is 11.8 Å². The third-order valence-corrected chi connectivity index (χ3v) is 6.75. The summed E-state index contributed by atoms with van der Waals surface area (Å²) in [5.74, 6) is -4.29. The lowest BCUT2D eigenvalue weighted by Gasteiger charge is -2.21. The highest BCUT2D eigenvalue weighted by Crippen LogP contribution is 2.16. The number of hydrogen-bond acceptors (Lipinski definition) is 7. The van der Waals surface area contributed by atoms with Gasteiger partial charge in [-0.25, -0.2) is 13.2 Å². The van der Waals surface area contributed by atoms with Crippen molar-refractivity contribution >= 4 is 39.6 Å². The van der Waals surface area contributed by atoms with Gasteiger partial charge < -0.3 is 20.6 Å². The van der Waals surface area contributed by atoms with Gasteiger partial charge in [-0.2, -0.15) is 4.72 Å². The summed E-state index contributed by atoms with van der Waals surface area (Å²) in [5, 5.41) is 28.1. The molecule has 2 aromatic rings. The summed E-state index contributed by atoms with van der Waals surface area (Å²) >= 11 is 0.466. The van der Waals surface area contributed by atoms with E-state index in [-0.39, 0.29) is 17.1 Å². The number of carbonyl (C=O) groups excluding carboxylic acids is 1. The van der Waals surface area contributed by atoms with Gasteiger partial charge in [-0.05, 0) is 43.2 Å². The molecule has 0 heterocycles. The minimum atomic E-state index is -4.14. The number of carboxylic acid groups (broad SMARTS) is 2. The number of sulfonamides is 1. The molecule has 32 heavy (non-hydrogen) atoms. The van der Waals surface area contributed by atoms with Crippen LogP contribution in [0, 0.1) is 6.92 Å². The molecule has 1 amide bonds. The fourth-order valence-electron chi connectivity index (χ4n) is 2.59. The Labute approximate surface area is 188 Å². The third-order valence-electron chi connectivity index (χ3n) is 4.19. The van der Waals surface area contributed by atoms with Crippen LogP contribution in [0.25, 0.3) is 0 Å². The van der Waals surface area contributed by atoms with E-state index >= 15 is 0 Å². The van der Waals surface area contributed by atoms with Gasteiger partial charge in [0.15, 0.2) is 5.37 Å². The second kappa shape index (κ2) is 11.0. The number of thioether (sulfide) groups is 1. The Hall–Kier alpha value is -3.09. The number of nitrogens with one attached hydrogen (secondary N) is 2. The van der Waals surface area contributed by atoms with Gasteiger partial charge in [0.1, 0.15) is 11.8 Å². The van der Waals surface area contributed by atoms with Crippen LogP contribution in [-0.2, 0) is 30.8 Å². The number of aryl methyl sites for hydroxylation is 1. The van der Waals surface area contributed by atoms with E-state index in [1.807, 2.05) is 0 Å². The number of amides is 1. The van der Waals surface area contributed by atoms with Crippen LogP contribution in [0.5, 0.6) is 5.75 Å². The lowest BCUT2D eigenvalue weighted by Crippen LogP contribution is -2.51. The van der Waals surface area contributed by atoms with E-state index in [9.17, 15) is 33.0 Å². The van der Waals surface area contributed by atoms with Gasteiger partial charge in [0.25, 0.3) is 0 Å². The molecule has 0 aliphatic rings. The van der Waals surface area contributed by atoms with Gasteiger partial charge in [-0.1, -0.05) is 29.8 Å². The van der Waals surface area contributed by atoms with E-state index in [1.165, 1.54) is 36.4 Å². The first-order valence-corrected chi connectivity index (χ1v) is 11.7. The lowest BCUT2D eigenvalue weighted by atomic mass is 10.1. The Morgan fingerprint density at radius 3 is 2.12 bits per heavy atom. The average Bonchev–Trinajstić information content (AvgIpc) is 2.71. The number of phenols is 1. The molecule has 2 unspecified atom stereocenters. The molecule has 172 valence electrons. The number of hydrogen-bond donors (Lipinski definition) is 5. The molecule has 5 N–H and O–H groups in total. The smallest absolute Gasteiger partial charge is 0.336 e. The van der Waals surface area contributed by atoms with Gasteiger partial charge in [-0.15, -0.1) is 11.8 Å². The van der Waals surface area contributed by atoms with Crippen LogP contribution in [0.4, 0.5) is 0 Å². The second-order valence-corrected chi connectivity index (χ2v) is 9.60. The molecule has 12 heteroatoms. The van der Waals surface area contributed by atoms with E-state index in [4.69, 9.17) is 5.11 Å². The molecule has 0 aromatic heterocycles. The van der Waals surface area contributed by atoms with Gasteiger partial charge >= 0.3 is 11.9 Å². The quantitative estimate of drug-likeness (QED) is 0.292. The monoisotopic (exact) mass is 482 g/mol. The van der Waals surface area contributed by atoms with Crippen molar-refractivity contribution in [3.8, 4) is 5.75 Å². The van der Waals surface area contributed by atoms with E-state index in [0.717, 1.165) is 5.56 Å². The first-order valence-electron chi connectivity index (χ1n) is 9.21. The molecule has 0 fully saturated rings. The summed E-state index contributed by atoms with van der Waals surface area (Å²) < 4.78 is 27.9. The lowest BCUT2D eigenvalue weighted by molar-refractivity contribution is -0.139. The molecular formula is C20H22N2O8S2. The summed E-state index contributed by atoms with van der Waals surface area (Å²) in [5.41, 5.74) is 1.33. The van der Waals surface area contributed by atoms with Gasteiger partial charge in [0, 0.05) is 0 Å². The first-order chi connectivity index (χ1) is 15.0. The van der Waals surface area contributed by atoms with Crippen molar-refractivity contribution in [3.05, 3.63) is 59.7 Å². The highest BCUT2D eigenvalue weighted by molar-refractivity contribution is 8.01. The first kappa shape index (κ1) is 25.2. The van der Waals surface area contributed by atoms with Gasteiger partial charge in [0.2, 0.25) is 15.9 Å². The van der Waals surface area contributed by atoms with Crippen molar-refractivity contribution in [1.82, 2.24) is 10.0 Å². The predicted molar refractivity (Wildman–Crippen MR) is 117 cm³/mol. The van der Waals surface area contributed by atoms with Crippen LogP contribution in [0.1, 0.15) is 11.1 Å². The Bertz CT molecular complexity index is 1070. The molecular weight excluding hydrogens is 460 g/mol. The summed E-state index contributed by atoms with van der Waals surface area (Å²) in [4.78, 5) is 34.9. The van der Waals surface area contributed by atoms with Crippen LogP contribution in [-0.4, -0.2) is 58.8 Å². The van der Waals surface area contributed by atoms with E-state index in [0.29, 0.717) is 17.3 Å². The maximum absolute atomic E-state index is 12.8. The number of carbonyl (C=O) groups is 3. The largest absolute Gasteiger partial charge is 0.508 e. The van der Waals surface area contributed by atoms with Crippen LogP contribution < -0.4 is 10.0 Å². The molecule has 0 spiro atoms. The van der Waals surface area contributed by atoms with Crippen molar-refractivity contribution in [2.75, 3.05) is 5.75 Å². The fraction of sp³-hybridized carbons (Fsp3) is 0.250. The molecule has 2 atom stereocenters. The molecule has 0 aliphatic heterocycles. The van der Waals surface area contributed by atoms with Crippen molar-refractivity contribution in [2.45, 2.75) is 29.7 Å². The topological polar surface area (TPSA) is 170 Å². The van der Waals surface area contributed by atoms with Gasteiger partial charge in [-0.3, -0.25) is 9.59 Å². The number of phenolic OH excluding ortho intramolecular Hbond substituents is 1. The molecule has 0 radical (unpaired) electrons. The molecule has 0 saturated heterocycles. The number of aliphatic carboxylic acids is 2. The highest BCUT2D eigenvalue weighted by Gasteiger charge is 2.30. The number of carboxylic acids is 2. The summed E-state index contributed by atoms with van der Waals surface area (Å²) in [6, 6.07) is 10.2. The summed E-state index contributed by atoms with van der Waals surface area (Å²) in [6.45, 7) is 1.78. The van der Waals surface area contributed by atoms with E-state index < -0.39 is 45.0 Å². The number of benzene rings is 2. The minimum absolute atomic E-state index is 0.0222. The number of rotatable bonds is 11. The van der Waals surface area contributed by atoms with Crippen molar-refractivity contribution in [1.29, 1.82) is 0 Å². The average molecular weight is 483 g/mol. The molecule has 0 aliphatic carbocycles. The highest BCUT2D eigenvalue weighted by atomic mass is 32.2. The molecule has 2 aromatic carbocycles. The molecule has 2 rings (SSSR count). The zero-order valence-electron chi connectivity index (χ0n) is 16.9. The molecule has 10 nitrogen and oxygen atoms in total. The zero-order chi connectivity index (χ0) is 23.9. The Kier molecular flexibility index (Phi) is 8.63. The molecule has 0 bridgehead atoms. The third kappa shape index (κ3) is 7.55. The maximum Gasteiger partial charge on any atom is 0.336 e. The summed E-state index contributed by atoms with van der Waals surface area (Å²) in [6.07, 6.45) is -0.146. The fourth-order valence-corrected chi connectivity index (χ4v) is 4.43. The zero-order valence-corrected chi connectivity index (χ0v) is 18.5.